The standard InChI is InChI=1S/C27H39N5O4S2/c33-25(28-22-10-4-3-5-11-22)20-37-27-30-29-26(32(27)23-12-6-1-2-7-13-23)21-9-8-14-24(19-21)38(34,35)31-15-17-36-18-16-31/h8-9,14,19,22-23H,1-7,10-13,15-18,20H2,(H,28,33). The molecule has 9 nitrogen and oxygen atoms in total. The van der Waals surface area contributed by atoms with Crippen molar-refractivity contribution < 1.29 is 17.9 Å². The van der Waals surface area contributed by atoms with Crippen molar-refractivity contribution in [3.63, 3.8) is 0 Å². The van der Waals surface area contributed by atoms with Crippen LogP contribution in [0.3, 0.4) is 0 Å². The zero-order chi connectivity index (χ0) is 26.4. The number of nitrogens with one attached hydrogen (secondary N) is 1. The van der Waals surface area contributed by atoms with Gasteiger partial charge in [-0.25, -0.2) is 8.42 Å². The van der Waals surface area contributed by atoms with Gasteiger partial charge >= 0.3 is 0 Å². The lowest BCUT2D eigenvalue weighted by atomic mass is 9.95. The number of sulfonamides is 1. The van der Waals surface area contributed by atoms with Gasteiger partial charge in [0, 0.05) is 30.7 Å². The van der Waals surface area contributed by atoms with Crippen molar-refractivity contribution in [1.82, 2.24) is 24.4 Å². The highest BCUT2D eigenvalue weighted by molar-refractivity contribution is 7.99. The van der Waals surface area contributed by atoms with Crippen LogP contribution < -0.4 is 5.32 Å². The molecule has 2 aliphatic carbocycles. The van der Waals surface area contributed by atoms with Crippen LogP contribution in [0.2, 0.25) is 0 Å². The molecule has 1 aliphatic heterocycles. The maximum absolute atomic E-state index is 13.3. The van der Waals surface area contributed by atoms with Gasteiger partial charge in [-0.1, -0.05) is 68.8 Å². The average Bonchev–Trinajstić information content (AvgIpc) is 3.19. The van der Waals surface area contributed by atoms with Crippen molar-refractivity contribution in [2.75, 3.05) is 32.1 Å². The van der Waals surface area contributed by atoms with Gasteiger partial charge in [0.25, 0.3) is 0 Å². The Kier molecular flexibility index (Phi) is 9.40. The first-order valence-corrected chi connectivity index (χ1v) is 16.5. The number of morpholine rings is 1. The van der Waals surface area contributed by atoms with Crippen molar-refractivity contribution in [2.45, 2.75) is 92.8 Å². The third-order valence-corrected chi connectivity index (χ3v) is 10.7. The van der Waals surface area contributed by atoms with Crippen LogP contribution in [0.5, 0.6) is 0 Å². The molecule has 0 bridgehead atoms. The van der Waals surface area contributed by atoms with Crippen LogP contribution in [0.1, 0.15) is 76.7 Å². The fourth-order valence-electron chi connectivity index (χ4n) is 5.80. The summed E-state index contributed by atoms with van der Waals surface area (Å²) in [6.45, 7) is 1.52. The highest BCUT2D eigenvalue weighted by atomic mass is 32.2. The molecule has 2 heterocycles. The average molecular weight is 562 g/mol. The highest BCUT2D eigenvalue weighted by Crippen LogP contribution is 2.35. The van der Waals surface area contributed by atoms with E-state index in [1.807, 2.05) is 6.07 Å². The lowest BCUT2D eigenvalue weighted by molar-refractivity contribution is -0.119. The molecule has 0 atom stereocenters. The van der Waals surface area contributed by atoms with Gasteiger partial charge in [0.2, 0.25) is 15.9 Å². The predicted octanol–water partition coefficient (Wildman–Crippen LogP) is 4.40. The number of hydrogen-bond donors (Lipinski definition) is 1. The lowest BCUT2D eigenvalue weighted by Crippen LogP contribution is -2.40. The fraction of sp³-hybridized carbons (Fsp3) is 0.667. The van der Waals surface area contributed by atoms with Gasteiger partial charge in [0.15, 0.2) is 11.0 Å². The van der Waals surface area contributed by atoms with E-state index in [0.717, 1.165) is 49.2 Å². The van der Waals surface area contributed by atoms with Gasteiger partial charge in [0.1, 0.15) is 0 Å². The largest absolute Gasteiger partial charge is 0.379 e. The van der Waals surface area contributed by atoms with Crippen molar-refractivity contribution >= 4 is 27.7 Å². The quantitative estimate of drug-likeness (QED) is 0.376. The summed E-state index contributed by atoms with van der Waals surface area (Å²) in [6.07, 6.45) is 12.5. The van der Waals surface area contributed by atoms with E-state index in [2.05, 4.69) is 20.1 Å². The highest BCUT2D eigenvalue weighted by Gasteiger charge is 2.28. The zero-order valence-electron chi connectivity index (χ0n) is 22.0. The summed E-state index contributed by atoms with van der Waals surface area (Å²) in [4.78, 5) is 13.0. The second-order valence-electron chi connectivity index (χ2n) is 10.6. The summed E-state index contributed by atoms with van der Waals surface area (Å²) in [7, 11) is -3.63. The molecule has 208 valence electrons. The maximum atomic E-state index is 13.3. The maximum Gasteiger partial charge on any atom is 0.243 e. The summed E-state index contributed by atoms with van der Waals surface area (Å²) in [5.74, 6) is 1.01. The summed E-state index contributed by atoms with van der Waals surface area (Å²) < 4.78 is 35.7. The van der Waals surface area contributed by atoms with Crippen LogP contribution in [-0.4, -0.2) is 71.5 Å². The van der Waals surface area contributed by atoms with Crippen LogP contribution in [0.15, 0.2) is 34.3 Å². The van der Waals surface area contributed by atoms with Crippen LogP contribution in [0.4, 0.5) is 0 Å². The topological polar surface area (TPSA) is 106 Å². The number of hydrogen-bond acceptors (Lipinski definition) is 7. The van der Waals surface area contributed by atoms with E-state index in [1.165, 1.54) is 48.2 Å². The van der Waals surface area contributed by atoms with Crippen molar-refractivity contribution in [3.8, 4) is 11.4 Å². The minimum atomic E-state index is -3.63. The molecule has 0 unspecified atom stereocenters. The number of nitrogens with zero attached hydrogens (tertiary/aromatic N) is 4. The molecule has 2 saturated carbocycles. The number of ether oxygens (including phenoxy) is 1. The Labute approximate surface area is 230 Å². The van der Waals surface area contributed by atoms with Crippen LogP contribution >= 0.6 is 11.8 Å². The zero-order valence-corrected chi connectivity index (χ0v) is 23.6. The monoisotopic (exact) mass is 561 g/mol. The first kappa shape index (κ1) is 27.6. The molecule has 1 aromatic heterocycles. The second kappa shape index (κ2) is 12.9. The van der Waals surface area contributed by atoms with Crippen LogP contribution in [0.25, 0.3) is 11.4 Å². The number of aromatic nitrogens is 3. The van der Waals surface area contributed by atoms with Crippen molar-refractivity contribution in [2.24, 2.45) is 0 Å². The lowest BCUT2D eigenvalue weighted by Gasteiger charge is -2.26. The summed E-state index contributed by atoms with van der Waals surface area (Å²) >= 11 is 1.43. The Morgan fingerprint density at radius 3 is 2.39 bits per heavy atom. The van der Waals surface area contributed by atoms with Gasteiger partial charge in [-0.15, -0.1) is 10.2 Å². The van der Waals surface area contributed by atoms with Crippen molar-refractivity contribution in [3.05, 3.63) is 24.3 Å². The Balaban J connectivity index is 1.39. The molecule has 3 aliphatic rings. The molecule has 3 fully saturated rings. The van der Waals surface area contributed by atoms with E-state index >= 15 is 0 Å². The van der Waals surface area contributed by atoms with Crippen LogP contribution in [0, 0.1) is 0 Å². The molecule has 1 aromatic carbocycles. The van der Waals surface area contributed by atoms with E-state index in [9.17, 15) is 13.2 Å². The Morgan fingerprint density at radius 1 is 0.974 bits per heavy atom. The first-order chi connectivity index (χ1) is 18.5. The van der Waals surface area contributed by atoms with E-state index in [-0.39, 0.29) is 22.9 Å². The van der Waals surface area contributed by atoms with Gasteiger partial charge in [-0.05, 0) is 37.8 Å². The summed E-state index contributed by atoms with van der Waals surface area (Å²) in [6, 6.07) is 7.55. The number of rotatable bonds is 8. The molecule has 2 aromatic rings. The van der Waals surface area contributed by atoms with Gasteiger partial charge in [-0.3, -0.25) is 9.36 Å². The number of amides is 1. The molecular weight excluding hydrogens is 522 g/mol. The minimum Gasteiger partial charge on any atom is -0.379 e. The summed E-state index contributed by atoms with van der Waals surface area (Å²) in [5, 5.41) is 13.0. The molecule has 0 spiro atoms. The van der Waals surface area contributed by atoms with E-state index in [4.69, 9.17) is 4.74 Å². The molecule has 11 heteroatoms. The number of benzene rings is 1. The Morgan fingerprint density at radius 2 is 1.66 bits per heavy atom. The van der Waals surface area contributed by atoms with E-state index < -0.39 is 10.0 Å². The van der Waals surface area contributed by atoms with Gasteiger partial charge < -0.3 is 10.1 Å². The number of carbonyl (C=O) groups excluding carboxylic acids is 1. The smallest absolute Gasteiger partial charge is 0.243 e. The number of carbonyl (C=O) groups is 1. The predicted molar refractivity (Wildman–Crippen MR) is 148 cm³/mol. The van der Waals surface area contributed by atoms with Gasteiger partial charge in [0.05, 0.1) is 23.9 Å². The molecular formula is C27H39N5O4S2. The molecule has 1 saturated heterocycles. The first-order valence-electron chi connectivity index (χ1n) is 14.1. The normalized spacial score (nSPS) is 20.7. The molecule has 1 amide bonds. The molecule has 5 rings (SSSR count). The summed E-state index contributed by atoms with van der Waals surface area (Å²) in [5.41, 5.74) is 0.731. The Bertz CT molecular complexity index is 1180. The molecule has 38 heavy (non-hydrogen) atoms. The number of thioether (sulfide) groups is 1. The van der Waals surface area contributed by atoms with E-state index in [0.29, 0.717) is 37.9 Å². The molecule has 0 radical (unpaired) electrons. The van der Waals surface area contributed by atoms with Crippen LogP contribution in [-0.2, 0) is 19.6 Å². The third-order valence-electron chi connectivity index (χ3n) is 7.86. The minimum absolute atomic E-state index is 0.0393. The Hall–Kier alpha value is -1.95. The SMILES string of the molecule is O=C(CSc1nnc(-c2cccc(S(=O)(=O)N3CCOCC3)c2)n1C1CCCCCC1)NC1CCCCC1. The third kappa shape index (κ3) is 6.60. The van der Waals surface area contributed by atoms with Gasteiger partial charge in [-0.2, -0.15) is 4.31 Å². The fourth-order valence-corrected chi connectivity index (χ4v) is 8.07. The second-order valence-corrected chi connectivity index (χ2v) is 13.4. The molecule has 1 N–H and O–H groups in total. The van der Waals surface area contributed by atoms with E-state index in [1.54, 1.807) is 18.2 Å². The van der Waals surface area contributed by atoms with Crippen molar-refractivity contribution in [1.29, 1.82) is 0 Å².